The van der Waals surface area contributed by atoms with E-state index in [9.17, 15) is 43.2 Å². The maximum atomic E-state index is 13.0. The van der Waals surface area contributed by atoms with E-state index in [1.165, 1.54) is 21.3 Å². The lowest BCUT2D eigenvalue weighted by Crippen LogP contribution is -2.55. The Morgan fingerprint density at radius 3 is 0.956 bits per heavy atom. The molecule has 0 spiro atoms. The first kappa shape index (κ1) is 40.4. The van der Waals surface area contributed by atoms with Crippen LogP contribution in [0.15, 0.2) is 14.4 Å². The van der Waals surface area contributed by atoms with E-state index in [4.69, 9.17) is 14.2 Å². The fourth-order valence-corrected chi connectivity index (χ4v) is 6.74. The van der Waals surface area contributed by atoms with Crippen molar-refractivity contribution in [3.63, 3.8) is 0 Å². The standard InChI is InChI=1S/C21H27N3O15S6/c1-34-13(25)10-40-43-19(31)37-7-4-22-16(28)23(5-8-38-20(32)44-41-11-14(26)35-2)18(30)24(17(22)29)6-9-39-21(33)45-42-12-15(27)36-3/h4-12H2,1-3H3. The molecule has 0 unspecified atom stereocenters. The van der Waals surface area contributed by atoms with Gasteiger partial charge in [0.1, 0.15) is 37.1 Å². The lowest BCUT2D eigenvalue weighted by atomic mass is 10.6. The minimum atomic E-state index is -1.10. The SMILES string of the molecule is COC(=O)CSSC(=O)OCCn1c(=O)n(CCOC(=O)SSCC(=O)OC)c(=O)n(CCOC(=O)SSCC(=O)OC)c1=O. The van der Waals surface area contributed by atoms with E-state index < -0.39 is 90.3 Å². The number of aromatic nitrogens is 3. The van der Waals surface area contributed by atoms with Crippen LogP contribution in [0.4, 0.5) is 14.4 Å². The van der Waals surface area contributed by atoms with Gasteiger partial charge in [-0.15, -0.1) is 0 Å². The third-order valence-electron chi connectivity index (χ3n) is 4.58. The van der Waals surface area contributed by atoms with Crippen molar-refractivity contribution < 1.29 is 57.2 Å². The Bertz CT molecular complexity index is 1190. The molecule has 0 atom stereocenters. The molecule has 24 heteroatoms. The smallest absolute Gasteiger partial charge is 0.378 e. The number of carbonyl (C=O) groups excluding carboxylic acids is 6. The molecular weight excluding hydrogens is 727 g/mol. The van der Waals surface area contributed by atoms with Gasteiger partial charge in [0.15, 0.2) is 0 Å². The van der Waals surface area contributed by atoms with E-state index >= 15 is 0 Å². The Morgan fingerprint density at radius 2 is 0.733 bits per heavy atom. The molecule has 45 heavy (non-hydrogen) atoms. The molecule has 0 fully saturated rings. The second-order valence-corrected chi connectivity index (χ2v) is 14.1. The summed E-state index contributed by atoms with van der Waals surface area (Å²) in [6.45, 7) is -2.85. The number of methoxy groups -OCH3 is 3. The number of esters is 3. The molecule has 0 radical (unpaired) electrons. The van der Waals surface area contributed by atoms with Crippen LogP contribution in [0.25, 0.3) is 0 Å². The van der Waals surface area contributed by atoms with Gasteiger partial charge in [-0.2, -0.15) is 0 Å². The molecule has 1 heterocycles. The van der Waals surface area contributed by atoms with Crippen molar-refractivity contribution in [1.82, 2.24) is 13.7 Å². The van der Waals surface area contributed by atoms with Crippen molar-refractivity contribution in [2.24, 2.45) is 0 Å². The van der Waals surface area contributed by atoms with E-state index in [-0.39, 0.29) is 17.3 Å². The quantitative estimate of drug-likeness (QED) is 0.117. The second-order valence-electron chi connectivity index (χ2n) is 7.36. The Morgan fingerprint density at radius 1 is 0.489 bits per heavy atom. The Kier molecular flexibility index (Phi) is 20.4. The topological polar surface area (TPSA) is 224 Å². The zero-order valence-electron chi connectivity index (χ0n) is 23.8. The maximum absolute atomic E-state index is 13.0. The van der Waals surface area contributed by atoms with Crippen LogP contribution in [0.5, 0.6) is 0 Å². The van der Waals surface area contributed by atoms with Crippen LogP contribution >= 0.6 is 64.8 Å². The van der Waals surface area contributed by atoms with E-state index in [0.29, 0.717) is 46.1 Å². The number of carbonyl (C=O) groups is 6. The van der Waals surface area contributed by atoms with Gasteiger partial charge in [-0.05, 0) is 0 Å². The van der Waals surface area contributed by atoms with Gasteiger partial charge in [0.25, 0.3) is 0 Å². The molecular formula is C21H27N3O15S6. The summed E-state index contributed by atoms with van der Waals surface area (Å²) in [7, 11) is 7.85. The number of hydrogen-bond donors (Lipinski definition) is 0. The Hall–Kier alpha value is -2.67. The molecule has 0 saturated heterocycles. The lowest BCUT2D eigenvalue weighted by Gasteiger charge is -2.14. The highest BCUT2D eigenvalue weighted by molar-refractivity contribution is 8.82. The van der Waals surface area contributed by atoms with Crippen molar-refractivity contribution in [2.45, 2.75) is 19.6 Å². The highest BCUT2D eigenvalue weighted by atomic mass is 33.1. The maximum Gasteiger partial charge on any atom is 0.378 e. The lowest BCUT2D eigenvalue weighted by molar-refractivity contribution is -0.138. The second kappa shape index (κ2) is 22.8. The van der Waals surface area contributed by atoms with Crippen molar-refractivity contribution >= 4 is 98.6 Å². The van der Waals surface area contributed by atoms with E-state index in [0.717, 1.165) is 32.4 Å². The predicted octanol–water partition coefficient (Wildman–Crippen LogP) is 1.24. The van der Waals surface area contributed by atoms with Gasteiger partial charge in [-0.1, -0.05) is 32.4 Å². The minimum absolute atomic E-state index is 0.133. The van der Waals surface area contributed by atoms with Crippen LogP contribution in [0.1, 0.15) is 0 Å². The van der Waals surface area contributed by atoms with Gasteiger partial charge in [-0.25, -0.2) is 42.5 Å². The molecule has 0 amide bonds. The summed E-state index contributed by atoms with van der Waals surface area (Å²) in [5, 5.41) is -2.47. The summed E-state index contributed by atoms with van der Waals surface area (Å²) < 4.78 is 30.1. The van der Waals surface area contributed by atoms with Gasteiger partial charge >= 0.3 is 50.9 Å². The first-order valence-corrected chi connectivity index (χ1v) is 18.9. The highest BCUT2D eigenvalue weighted by Crippen LogP contribution is 2.24. The first-order chi connectivity index (χ1) is 21.4. The number of rotatable bonds is 18. The average molecular weight is 754 g/mol. The summed E-state index contributed by atoms with van der Waals surface area (Å²) in [4.78, 5) is 108. The predicted molar refractivity (Wildman–Crippen MR) is 169 cm³/mol. The monoisotopic (exact) mass is 753 g/mol. The fourth-order valence-electron chi connectivity index (χ4n) is 2.54. The van der Waals surface area contributed by atoms with Crippen molar-refractivity contribution in [1.29, 1.82) is 0 Å². The molecule has 18 nitrogen and oxygen atoms in total. The molecule has 1 rings (SSSR count). The highest BCUT2D eigenvalue weighted by Gasteiger charge is 2.18. The minimum Gasteiger partial charge on any atom is -0.468 e. The van der Waals surface area contributed by atoms with Gasteiger partial charge in [-0.3, -0.25) is 14.4 Å². The molecule has 0 bridgehead atoms. The van der Waals surface area contributed by atoms with Crippen LogP contribution in [0.2, 0.25) is 0 Å². The summed E-state index contributed by atoms with van der Waals surface area (Å²) in [6.07, 6.45) is 0. The van der Waals surface area contributed by atoms with Crippen LogP contribution in [-0.2, 0) is 62.4 Å². The molecule has 0 N–H and O–H groups in total. The molecule has 0 aromatic carbocycles. The van der Waals surface area contributed by atoms with Gasteiger partial charge in [0.2, 0.25) is 0 Å². The zero-order valence-corrected chi connectivity index (χ0v) is 28.7. The largest absolute Gasteiger partial charge is 0.468 e. The molecule has 1 aromatic rings. The van der Waals surface area contributed by atoms with Crippen LogP contribution in [0, 0.1) is 0 Å². The molecule has 1 aromatic heterocycles. The van der Waals surface area contributed by atoms with E-state index in [2.05, 4.69) is 14.2 Å². The molecule has 252 valence electrons. The zero-order chi connectivity index (χ0) is 33.8. The van der Waals surface area contributed by atoms with Crippen LogP contribution in [-0.4, -0.2) is 106 Å². The normalized spacial score (nSPS) is 10.5. The van der Waals surface area contributed by atoms with E-state index in [1.807, 2.05) is 0 Å². The Labute approximate surface area is 277 Å². The van der Waals surface area contributed by atoms with Crippen molar-refractivity contribution in [3.8, 4) is 0 Å². The number of ether oxygens (including phenoxy) is 6. The van der Waals surface area contributed by atoms with Crippen LogP contribution in [0.3, 0.4) is 0 Å². The van der Waals surface area contributed by atoms with Crippen LogP contribution < -0.4 is 17.1 Å². The van der Waals surface area contributed by atoms with Crippen molar-refractivity contribution in [3.05, 3.63) is 31.5 Å². The summed E-state index contributed by atoms with van der Waals surface area (Å²) in [6, 6.07) is 0. The van der Waals surface area contributed by atoms with Crippen molar-refractivity contribution in [2.75, 3.05) is 58.4 Å². The Balaban J connectivity index is 2.98. The van der Waals surface area contributed by atoms with Gasteiger partial charge in [0, 0.05) is 32.4 Å². The molecule has 0 aliphatic heterocycles. The summed E-state index contributed by atoms with van der Waals surface area (Å²) in [5.74, 6) is -2.10. The molecule has 0 aliphatic rings. The summed E-state index contributed by atoms with van der Waals surface area (Å²) in [5.41, 5.74) is -3.29. The average Bonchev–Trinajstić information content (AvgIpc) is 3.01. The van der Waals surface area contributed by atoms with Gasteiger partial charge < -0.3 is 28.4 Å². The third-order valence-corrected chi connectivity index (χ3v) is 10.1. The molecule has 0 saturated carbocycles. The first-order valence-electron chi connectivity index (χ1n) is 12.0. The fraction of sp³-hybridized carbons (Fsp3) is 0.571. The third kappa shape index (κ3) is 15.9. The van der Waals surface area contributed by atoms with Gasteiger partial charge in [0.05, 0.1) is 41.0 Å². The number of nitrogens with zero attached hydrogens (tertiary/aromatic N) is 3. The summed E-state index contributed by atoms with van der Waals surface area (Å²) >= 11 is 0. The van der Waals surface area contributed by atoms with E-state index in [1.54, 1.807) is 0 Å². The molecule has 0 aliphatic carbocycles. The number of hydrogen-bond acceptors (Lipinski definition) is 21.